The molecule has 0 aromatic rings. The van der Waals surface area contributed by atoms with Gasteiger partial charge in [-0.15, -0.1) is 0 Å². The van der Waals surface area contributed by atoms with E-state index in [1.165, 1.54) is 5.57 Å². The highest BCUT2D eigenvalue weighted by molar-refractivity contribution is 5.33. The average Bonchev–Trinajstić information content (AvgIpc) is 3.44. The molecular weight excluding hydrogens is 740 g/mol. The van der Waals surface area contributed by atoms with Crippen LogP contribution in [0.15, 0.2) is 23.3 Å². The van der Waals surface area contributed by atoms with Gasteiger partial charge in [0, 0.05) is 18.4 Å². The van der Waals surface area contributed by atoms with Crippen LogP contribution < -0.4 is 0 Å². The quantitative estimate of drug-likeness (QED) is 0.135. The second-order valence-electron chi connectivity index (χ2n) is 19.9. The van der Waals surface area contributed by atoms with E-state index in [0.717, 1.165) is 37.7 Å². The summed E-state index contributed by atoms with van der Waals surface area (Å²) in [6, 6.07) is 0. The molecule has 0 radical (unpaired) electrons. The monoisotopic (exact) mass is 812 g/mol. The summed E-state index contributed by atoms with van der Waals surface area (Å²) in [5, 5.41) is 94.9. The lowest BCUT2D eigenvalue weighted by Crippen LogP contribution is -2.64. The van der Waals surface area contributed by atoms with Crippen LogP contribution in [-0.2, 0) is 23.7 Å². The normalized spacial score (nSPS) is 49.8. The second kappa shape index (κ2) is 16.7. The summed E-state index contributed by atoms with van der Waals surface area (Å²) in [5.41, 5.74) is 1.16. The minimum absolute atomic E-state index is 0.107. The van der Waals surface area contributed by atoms with Crippen LogP contribution in [-0.4, -0.2) is 152 Å². The van der Waals surface area contributed by atoms with Crippen molar-refractivity contribution >= 4 is 0 Å². The van der Waals surface area contributed by atoms with Gasteiger partial charge in [0.25, 0.3) is 0 Å². The molecule has 2 heterocycles. The maximum Gasteiger partial charge on any atom is 0.187 e. The Morgan fingerprint density at radius 3 is 1.93 bits per heavy atom. The molecule has 0 spiro atoms. The Morgan fingerprint density at radius 2 is 1.37 bits per heavy atom. The zero-order valence-corrected chi connectivity index (χ0v) is 35.3. The van der Waals surface area contributed by atoms with E-state index in [1.807, 2.05) is 13.8 Å². The Labute approximate surface area is 337 Å². The van der Waals surface area contributed by atoms with Crippen LogP contribution in [0.25, 0.3) is 0 Å². The highest BCUT2D eigenvalue weighted by Gasteiger charge is 2.70. The van der Waals surface area contributed by atoms with Crippen molar-refractivity contribution in [1.29, 1.82) is 0 Å². The molecule has 0 aromatic heterocycles. The van der Waals surface area contributed by atoms with Crippen LogP contribution >= 0.6 is 0 Å². The zero-order valence-electron chi connectivity index (χ0n) is 35.3. The van der Waals surface area contributed by atoms with E-state index in [2.05, 4.69) is 47.6 Å². The van der Waals surface area contributed by atoms with E-state index >= 15 is 0 Å². The zero-order chi connectivity index (χ0) is 42.2. The number of aliphatic hydroxyl groups is 9. The lowest BCUT2D eigenvalue weighted by molar-refractivity contribution is -0.320. The standard InChI is InChI=1S/C43H72O14/c1-20(2)16-25(54-38-35(51)33(49)31(47)27(18-44)55-38)30(46)21(3)22-12-13-43(8)37-26(53-9)17-24-23(41(37,6)14-15-42(22,43)7)10-11-29(40(24,4)5)57-39-36(52)34(50)32(48)28(19-45)56-39/h16-17,21-23,25-39,44-52H,10-15,18-19H2,1-9H3/t21-,22-,23-,25+,26-,27+,28+,29-,30-,31+,32+,33+,34+,35+,36+,37-,38+,39-,41-,42+,43-/m0/s1. The van der Waals surface area contributed by atoms with Gasteiger partial charge in [-0.25, -0.2) is 0 Å². The van der Waals surface area contributed by atoms with Gasteiger partial charge < -0.3 is 69.6 Å². The second-order valence-corrected chi connectivity index (χ2v) is 19.9. The molecule has 21 atom stereocenters. The Bertz CT molecular complexity index is 1460. The van der Waals surface area contributed by atoms with Crippen molar-refractivity contribution in [2.45, 2.75) is 180 Å². The van der Waals surface area contributed by atoms with Crippen LogP contribution in [0.3, 0.4) is 0 Å². The molecular formula is C43H72O14. The third-order valence-corrected chi connectivity index (χ3v) is 16.4. The number of ether oxygens (including phenoxy) is 5. The van der Waals surface area contributed by atoms with Crippen molar-refractivity contribution in [3.63, 3.8) is 0 Å². The molecule has 0 aromatic carbocycles. The van der Waals surface area contributed by atoms with Gasteiger partial charge in [0.05, 0.1) is 31.5 Å². The van der Waals surface area contributed by atoms with Crippen LogP contribution in [0.1, 0.15) is 93.9 Å². The van der Waals surface area contributed by atoms with E-state index in [-0.39, 0.29) is 52.1 Å². The largest absolute Gasteiger partial charge is 0.394 e. The minimum Gasteiger partial charge on any atom is -0.394 e. The predicted octanol–water partition coefficient (Wildman–Crippen LogP) is 1.55. The topological polar surface area (TPSA) is 228 Å². The summed E-state index contributed by atoms with van der Waals surface area (Å²) in [6.45, 7) is 16.3. The molecule has 328 valence electrons. The van der Waals surface area contributed by atoms with Crippen molar-refractivity contribution < 1.29 is 69.6 Å². The van der Waals surface area contributed by atoms with Gasteiger partial charge in [0.1, 0.15) is 54.9 Å². The average molecular weight is 813 g/mol. The van der Waals surface area contributed by atoms with Gasteiger partial charge >= 0.3 is 0 Å². The third kappa shape index (κ3) is 7.43. The van der Waals surface area contributed by atoms with Gasteiger partial charge in [0.15, 0.2) is 12.6 Å². The van der Waals surface area contributed by atoms with Crippen molar-refractivity contribution in [3.8, 4) is 0 Å². The fourth-order valence-electron chi connectivity index (χ4n) is 12.8. The molecule has 0 unspecified atom stereocenters. The Morgan fingerprint density at radius 1 is 0.789 bits per heavy atom. The SMILES string of the molecule is CO[C@H]1C=C2[C@H](CC[C@H](O[C@@H]3O[C@H](CO)[C@@H](O)[C@@H](O)[C@H]3O)C2(C)C)[C@]2(C)CC[C@]3(C)[C@H]([C@H](C)[C@H](O)[C@@H](C=C(C)C)O[C@@H]4O[C@H](CO)[C@@H](O)[C@@H](O)[C@H]4O)CC[C@@]3(C)[C@@H]12. The molecule has 6 rings (SSSR count). The van der Waals surface area contributed by atoms with Gasteiger partial charge in [-0.05, 0) is 86.4 Å². The molecule has 3 saturated carbocycles. The van der Waals surface area contributed by atoms with Crippen LogP contribution in [0, 0.1) is 45.3 Å². The molecule has 2 saturated heterocycles. The molecule has 14 nitrogen and oxygen atoms in total. The number of fused-ring (bicyclic) bond motifs is 5. The first kappa shape index (κ1) is 45.4. The molecule has 2 aliphatic heterocycles. The lowest BCUT2D eigenvalue weighted by atomic mass is 9.38. The fraction of sp³-hybridized carbons (Fsp3) is 0.907. The molecule has 14 heteroatoms. The minimum atomic E-state index is -1.59. The van der Waals surface area contributed by atoms with Crippen LogP contribution in [0.4, 0.5) is 0 Å². The fourth-order valence-corrected chi connectivity index (χ4v) is 12.8. The number of allylic oxidation sites excluding steroid dienone is 1. The molecule has 6 aliphatic rings. The van der Waals surface area contributed by atoms with Gasteiger partial charge in [-0.3, -0.25) is 0 Å². The van der Waals surface area contributed by atoms with Crippen molar-refractivity contribution in [3.05, 3.63) is 23.3 Å². The Hall–Kier alpha value is -1.08. The van der Waals surface area contributed by atoms with Crippen LogP contribution in [0.2, 0.25) is 0 Å². The van der Waals surface area contributed by atoms with Crippen molar-refractivity contribution in [2.75, 3.05) is 20.3 Å². The number of hydrogen-bond acceptors (Lipinski definition) is 14. The van der Waals surface area contributed by atoms with Crippen molar-refractivity contribution in [2.24, 2.45) is 45.3 Å². The van der Waals surface area contributed by atoms with Gasteiger partial charge in [-0.2, -0.15) is 0 Å². The molecule has 0 bridgehead atoms. The Balaban J connectivity index is 1.25. The van der Waals surface area contributed by atoms with Gasteiger partial charge in [-0.1, -0.05) is 64.8 Å². The number of hydrogen-bond donors (Lipinski definition) is 9. The third-order valence-electron chi connectivity index (χ3n) is 16.4. The maximum absolute atomic E-state index is 12.2. The summed E-state index contributed by atoms with van der Waals surface area (Å²) in [4.78, 5) is 0. The number of rotatable bonds is 11. The summed E-state index contributed by atoms with van der Waals surface area (Å²) >= 11 is 0. The highest BCUT2D eigenvalue weighted by Crippen LogP contribution is 2.75. The molecule has 5 fully saturated rings. The summed E-state index contributed by atoms with van der Waals surface area (Å²) in [5.74, 6) is 0.261. The van der Waals surface area contributed by atoms with E-state index in [9.17, 15) is 46.0 Å². The van der Waals surface area contributed by atoms with E-state index in [4.69, 9.17) is 23.7 Å². The summed E-state index contributed by atoms with van der Waals surface area (Å²) < 4.78 is 30.6. The molecule has 9 N–H and O–H groups in total. The Kier molecular flexibility index (Phi) is 13.3. The number of methoxy groups -OCH3 is 1. The maximum atomic E-state index is 12.2. The number of aliphatic hydroxyl groups excluding tert-OH is 9. The molecule has 0 amide bonds. The lowest BCUT2D eigenvalue weighted by Gasteiger charge is -2.67. The first-order valence-corrected chi connectivity index (χ1v) is 21.1. The van der Waals surface area contributed by atoms with Crippen LogP contribution in [0.5, 0.6) is 0 Å². The molecule has 57 heavy (non-hydrogen) atoms. The van der Waals surface area contributed by atoms with E-state index < -0.39 is 92.2 Å². The first-order valence-electron chi connectivity index (χ1n) is 21.1. The summed E-state index contributed by atoms with van der Waals surface area (Å²) in [7, 11) is 1.77. The first-order chi connectivity index (χ1) is 26.6. The summed E-state index contributed by atoms with van der Waals surface area (Å²) in [6.07, 6.45) is -7.08. The predicted molar refractivity (Wildman–Crippen MR) is 207 cm³/mol. The van der Waals surface area contributed by atoms with E-state index in [1.54, 1.807) is 13.2 Å². The smallest absolute Gasteiger partial charge is 0.187 e. The van der Waals surface area contributed by atoms with Crippen molar-refractivity contribution in [1.82, 2.24) is 0 Å². The van der Waals surface area contributed by atoms with Gasteiger partial charge in [0.2, 0.25) is 0 Å². The highest BCUT2D eigenvalue weighted by atomic mass is 16.7. The molecule has 4 aliphatic carbocycles. The van der Waals surface area contributed by atoms with E-state index in [0.29, 0.717) is 6.42 Å².